The van der Waals surface area contributed by atoms with Crippen LogP contribution in [0, 0.1) is 0 Å². The van der Waals surface area contributed by atoms with Gasteiger partial charge in [-0.25, -0.2) is 0 Å². The maximum atomic E-state index is 12.6. The molecule has 3 aromatic rings. The van der Waals surface area contributed by atoms with Gasteiger partial charge < -0.3 is 4.90 Å². The van der Waals surface area contributed by atoms with Gasteiger partial charge in [-0.05, 0) is 35.4 Å². The number of halogens is 1. The van der Waals surface area contributed by atoms with Crippen molar-refractivity contribution < 1.29 is 9.59 Å². The van der Waals surface area contributed by atoms with E-state index in [2.05, 4.69) is 22.1 Å². The molecule has 6 nitrogen and oxygen atoms in total. The molecule has 0 saturated carbocycles. The molecule has 32 heavy (non-hydrogen) atoms. The van der Waals surface area contributed by atoms with Crippen LogP contribution >= 0.6 is 46.5 Å². The zero-order valence-corrected chi connectivity index (χ0v) is 20.1. The Balaban J connectivity index is 1.42. The van der Waals surface area contributed by atoms with E-state index in [0.717, 1.165) is 21.2 Å². The van der Waals surface area contributed by atoms with E-state index in [1.165, 1.54) is 23.1 Å². The number of rotatable bonds is 8. The molecule has 2 amide bonds. The van der Waals surface area contributed by atoms with Crippen LogP contribution in [0.1, 0.15) is 26.9 Å². The minimum atomic E-state index is -0.249. The van der Waals surface area contributed by atoms with Crippen LogP contribution in [0.5, 0.6) is 0 Å². The van der Waals surface area contributed by atoms with Gasteiger partial charge in [-0.1, -0.05) is 65.0 Å². The fourth-order valence-corrected chi connectivity index (χ4v) is 5.93. The molecule has 1 fully saturated rings. The highest BCUT2D eigenvalue weighted by Crippen LogP contribution is 2.39. The summed E-state index contributed by atoms with van der Waals surface area (Å²) < 4.78 is 0.777. The standard InChI is InChI=1S/C22H19ClN4O2S3/c1-2-11-30-22-26-25-21(32-22)24-19(29)15-5-7-16(8-6-15)20-27(18(28)13-31-20)12-14-3-9-17(23)10-4-14/h2-10,20H,1,11-13H2,(H,24,25,29). The van der Waals surface area contributed by atoms with E-state index in [-0.39, 0.29) is 17.2 Å². The average Bonchev–Trinajstić information content (AvgIpc) is 3.40. The van der Waals surface area contributed by atoms with Gasteiger partial charge in [-0.15, -0.1) is 28.5 Å². The second kappa shape index (κ2) is 10.5. The summed E-state index contributed by atoms with van der Waals surface area (Å²) in [5.74, 6) is 1.02. The van der Waals surface area contributed by atoms with Crippen LogP contribution < -0.4 is 5.32 Å². The molecule has 1 unspecified atom stereocenters. The fourth-order valence-electron chi connectivity index (χ4n) is 3.10. The Morgan fingerprint density at radius 1 is 1.22 bits per heavy atom. The Bertz CT molecular complexity index is 1120. The number of nitrogens with zero attached hydrogens (tertiary/aromatic N) is 3. The van der Waals surface area contributed by atoms with Gasteiger partial charge in [0.1, 0.15) is 5.37 Å². The van der Waals surface area contributed by atoms with Crippen molar-refractivity contribution in [1.29, 1.82) is 0 Å². The number of carbonyl (C=O) groups excluding carboxylic acids is 2. The number of hydrogen-bond donors (Lipinski definition) is 1. The Morgan fingerprint density at radius 2 is 1.97 bits per heavy atom. The van der Waals surface area contributed by atoms with Gasteiger partial charge in [0.25, 0.3) is 5.91 Å². The van der Waals surface area contributed by atoms with Crippen LogP contribution in [0.25, 0.3) is 0 Å². The first-order chi connectivity index (χ1) is 15.5. The van der Waals surface area contributed by atoms with Gasteiger partial charge in [0.2, 0.25) is 11.0 Å². The van der Waals surface area contributed by atoms with Crippen LogP contribution in [0.4, 0.5) is 5.13 Å². The molecule has 1 aliphatic heterocycles. The number of benzene rings is 2. The Morgan fingerprint density at radius 3 is 2.69 bits per heavy atom. The number of hydrogen-bond acceptors (Lipinski definition) is 7. The van der Waals surface area contributed by atoms with Crippen LogP contribution in [0.15, 0.2) is 65.5 Å². The maximum absolute atomic E-state index is 12.6. The van der Waals surface area contributed by atoms with Crippen molar-refractivity contribution in [3.63, 3.8) is 0 Å². The number of amides is 2. The number of thioether (sulfide) groups is 2. The summed E-state index contributed by atoms with van der Waals surface area (Å²) >= 11 is 10.4. The van der Waals surface area contributed by atoms with Crippen molar-refractivity contribution in [3.05, 3.63) is 82.9 Å². The molecule has 2 heterocycles. The van der Waals surface area contributed by atoms with E-state index >= 15 is 0 Å². The molecule has 164 valence electrons. The summed E-state index contributed by atoms with van der Waals surface area (Å²) in [5.41, 5.74) is 2.52. The van der Waals surface area contributed by atoms with Crippen LogP contribution in [0.2, 0.25) is 5.02 Å². The molecule has 1 N–H and O–H groups in total. The van der Waals surface area contributed by atoms with Gasteiger partial charge >= 0.3 is 0 Å². The maximum Gasteiger partial charge on any atom is 0.257 e. The molecule has 2 aromatic carbocycles. The summed E-state index contributed by atoms with van der Waals surface area (Å²) in [5, 5.41) is 11.9. The quantitative estimate of drug-likeness (QED) is 0.249. The highest BCUT2D eigenvalue weighted by molar-refractivity contribution is 8.01. The van der Waals surface area contributed by atoms with Crippen LogP contribution in [0.3, 0.4) is 0 Å². The lowest BCUT2D eigenvalue weighted by Crippen LogP contribution is -2.27. The van der Waals surface area contributed by atoms with Gasteiger partial charge in [0.15, 0.2) is 4.34 Å². The first-order valence-electron chi connectivity index (χ1n) is 9.67. The smallest absolute Gasteiger partial charge is 0.257 e. The van der Waals surface area contributed by atoms with Crippen LogP contribution in [-0.4, -0.2) is 38.4 Å². The average molecular weight is 503 g/mol. The van der Waals surface area contributed by atoms with E-state index in [1.54, 1.807) is 30.0 Å². The summed E-state index contributed by atoms with van der Waals surface area (Å²) in [6.07, 6.45) is 1.79. The van der Waals surface area contributed by atoms with E-state index in [9.17, 15) is 9.59 Å². The second-order valence-corrected chi connectivity index (χ2v) is 10.6. The molecule has 0 aliphatic carbocycles. The van der Waals surface area contributed by atoms with Gasteiger partial charge in [0.05, 0.1) is 5.75 Å². The normalized spacial score (nSPS) is 15.7. The fraction of sp³-hybridized carbons (Fsp3) is 0.182. The van der Waals surface area contributed by atoms with Crippen LogP contribution in [-0.2, 0) is 11.3 Å². The molecule has 10 heteroatoms. The van der Waals surface area contributed by atoms with Crippen molar-refractivity contribution in [2.24, 2.45) is 0 Å². The van der Waals surface area contributed by atoms with Gasteiger partial charge in [-0.2, -0.15) is 0 Å². The third-order valence-electron chi connectivity index (χ3n) is 4.64. The second-order valence-electron chi connectivity index (χ2n) is 6.86. The number of aromatic nitrogens is 2. The van der Waals surface area contributed by atoms with Crippen molar-refractivity contribution in [2.75, 3.05) is 16.8 Å². The molecule has 1 aliphatic rings. The Hall–Kier alpha value is -2.33. The van der Waals surface area contributed by atoms with Gasteiger partial charge in [0, 0.05) is 22.9 Å². The lowest BCUT2D eigenvalue weighted by molar-refractivity contribution is -0.128. The lowest BCUT2D eigenvalue weighted by atomic mass is 10.1. The molecule has 1 atom stereocenters. The summed E-state index contributed by atoms with van der Waals surface area (Å²) in [4.78, 5) is 26.9. The third-order valence-corrected chi connectivity index (χ3v) is 8.12. The zero-order valence-electron chi connectivity index (χ0n) is 16.9. The van der Waals surface area contributed by atoms with E-state index in [1.807, 2.05) is 41.3 Å². The zero-order chi connectivity index (χ0) is 22.5. The lowest BCUT2D eigenvalue weighted by Gasteiger charge is -2.24. The van der Waals surface area contributed by atoms with Crippen molar-refractivity contribution in [1.82, 2.24) is 15.1 Å². The van der Waals surface area contributed by atoms with E-state index in [0.29, 0.717) is 28.0 Å². The predicted octanol–water partition coefficient (Wildman–Crippen LogP) is 5.50. The summed E-state index contributed by atoms with van der Waals surface area (Å²) in [6.45, 7) is 4.19. The molecular weight excluding hydrogens is 484 g/mol. The largest absolute Gasteiger partial charge is 0.322 e. The molecule has 0 bridgehead atoms. The minimum absolute atomic E-state index is 0.0945. The third kappa shape index (κ3) is 5.53. The summed E-state index contributed by atoms with van der Waals surface area (Å²) in [6, 6.07) is 14.8. The molecular formula is C22H19ClN4O2S3. The van der Waals surface area contributed by atoms with Crippen molar-refractivity contribution >= 4 is 63.4 Å². The Kier molecular flexibility index (Phi) is 7.51. The SMILES string of the molecule is C=CCSc1nnc(NC(=O)c2ccc(C3SCC(=O)N3Cc3ccc(Cl)cc3)cc2)s1. The number of anilines is 1. The summed E-state index contributed by atoms with van der Waals surface area (Å²) in [7, 11) is 0. The topological polar surface area (TPSA) is 75.2 Å². The number of nitrogens with one attached hydrogen (secondary N) is 1. The van der Waals surface area contributed by atoms with Gasteiger partial charge in [-0.3, -0.25) is 14.9 Å². The molecule has 0 radical (unpaired) electrons. The van der Waals surface area contributed by atoms with Crippen molar-refractivity contribution in [2.45, 2.75) is 16.3 Å². The Labute approximate surface area is 203 Å². The highest BCUT2D eigenvalue weighted by Gasteiger charge is 2.32. The number of carbonyl (C=O) groups is 2. The van der Waals surface area contributed by atoms with Crippen molar-refractivity contribution in [3.8, 4) is 0 Å². The first kappa shape index (κ1) is 22.8. The molecule has 0 spiro atoms. The van der Waals surface area contributed by atoms with E-state index in [4.69, 9.17) is 11.6 Å². The molecule has 4 rings (SSSR count). The predicted molar refractivity (Wildman–Crippen MR) is 132 cm³/mol. The molecule has 1 saturated heterocycles. The monoisotopic (exact) mass is 502 g/mol. The highest BCUT2D eigenvalue weighted by atomic mass is 35.5. The molecule has 1 aromatic heterocycles. The van der Waals surface area contributed by atoms with E-state index < -0.39 is 0 Å². The minimum Gasteiger partial charge on any atom is -0.322 e. The first-order valence-corrected chi connectivity index (χ1v) is 12.9.